The Hall–Kier alpha value is -0.120. The molecule has 2 rings (SSSR count). The Kier molecular flexibility index (Phi) is 4.83. The monoisotopic (exact) mass is 240 g/mol. The van der Waals surface area contributed by atoms with E-state index in [1.807, 2.05) is 0 Å². The van der Waals surface area contributed by atoms with E-state index in [9.17, 15) is 0 Å². The fourth-order valence-corrected chi connectivity index (χ4v) is 3.31. The summed E-state index contributed by atoms with van der Waals surface area (Å²) in [5.41, 5.74) is 0. The summed E-state index contributed by atoms with van der Waals surface area (Å²) in [5.74, 6) is 0.849. The Balaban J connectivity index is 1.83. The molecule has 2 aliphatic heterocycles. The number of morpholine rings is 1. The van der Waals surface area contributed by atoms with Crippen LogP contribution in [0.5, 0.6) is 0 Å². The smallest absolute Gasteiger partial charge is 0.0620 e. The van der Waals surface area contributed by atoms with Gasteiger partial charge in [0.2, 0.25) is 0 Å². The summed E-state index contributed by atoms with van der Waals surface area (Å²) in [6.45, 7) is 11.2. The predicted molar refractivity (Wildman–Crippen MR) is 71.3 cm³/mol. The number of piperidine rings is 1. The van der Waals surface area contributed by atoms with Crippen molar-refractivity contribution >= 4 is 0 Å². The summed E-state index contributed by atoms with van der Waals surface area (Å²) < 4.78 is 5.54. The quantitative estimate of drug-likeness (QED) is 0.815. The molecular formula is C14H28N2O. The zero-order valence-corrected chi connectivity index (χ0v) is 11.6. The van der Waals surface area contributed by atoms with Crippen LogP contribution in [0.3, 0.4) is 0 Å². The lowest BCUT2D eigenvalue weighted by atomic mass is 9.90. The van der Waals surface area contributed by atoms with Crippen molar-refractivity contribution in [1.29, 1.82) is 0 Å². The molecule has 3 nitrogen and oxygen atoms in total. The van der Waals surface area contributed by atoms with Crippen molar-refractivity contribution in [2.45, 2.75) is 58.2 Å². The Morgan fingerprint density at radius 1 is 1.41 bits per heavy atom. The van der Waals surface area contributed by atoms with Gasteiger partial charge in [0.15, 0.2) is 0 Å². The average Bonchev–Trinajstić information content (AvgIpc) is 2.34. The van der Waals surface area contributed by atoms with Gasteiger partial charge in [-0.3, -0.25) is 4.90 Å². The fourth-order valence-electron chi connectivity index (χ4n) is 3.31. The third-order valence-corrected chi connectivity index (χ3v) is 4.61. The molecule has 0 amide bonds. The number of likely N-dealkylation sites (tertiary alicyclic amines) is 1. The average molecular weight is 240 g/mol. The maximum Gasteiger partial charge on any atom is 0.0620 e. The number of hydrogen-bond acceptors (Lipinski definition) is 3. The van der Waals surface area contributed by atoms with Crippen LogP contribution in [0, 0.1) is 5.92 Å². The van der Waals surface area contributed by atoms with Crippen molar-refractivity contribution < 1.29 is 4.74 Å². The van der Waals surface area contributed by atoms with E-state index < -0.39 is 0 Å². The minimum absolute atomic E-state index is 0.559. The van der Waals surface area contributed by atoms with Gasteiger partial charge >= 0.3 is 0 Å². The topological polar surface area (TPSA) is 24.5 Å². The molecule has 2 fully saturated rings. The molecule has 2 aliphatic rings. The number of hydrogen-bond donors (Lipinski definition) is 1. The summed E-state index contributed by atoms with van der Waals surface area (Å²) >= 11 is 0. The Bertz CT molecular complexity index is 228. The lowest BCUT2D eigenvalue weighted by molar-refractivity contribution is 0.0374. The first-order valence-electron chi connectivity index (χ1n) is 7.25. The molecule has 2 heterocycles. The molecule has 1 N–H and O–H groups in total. The van der Waals surface area contributed by atoms with Gasteiger partial charge in [0.05, 0.1) is 13.2 Å². The summed E-state index contributed by atoms with van der Waals surface area (Å²) in [4.78, 5) is 2.70. The third kappa shape index (κ3) is 3.43. The molecule has 0 spiro atoms. The van der Waals surface area contributed by atoms with Gasteiger partial charge in [-0.1, -0.05) is 6.92 Å². The predicted octanol–water partition coefficient (Wildman–Crippen LogP) is 1.87. The zero-order valence-electron chi connectivity index (χ0n) is 11.6. The normalized spacial score (nSPS) is 37.9. The van der Waals surface area contributed by atoms with E-state index in [0.717, 1.165) is 31.7 Å². The lowest BCUT2D eigenvalue weighted by Crippen LogP contribution is -2.51. The van der Waals surface area contributed by atoms with Gasteiger partial charge in [0, 0.05) is 24.7 Å². The highest BCUT2D eigenvalue weighted by atomic mass is 16.5. The molecule has 0 saturated carbocycles. The fraction of sp³-hybridized carbons (Fsp3) is 1.00. The van der Waals surface area contributed by atoms with Crippen molar-refractivity contribution in [1.82, 2.24) is 10.2 Å². The molecule has 0 radical (unpaired) electrons. The van der Waals surface area contributed by atoms with Gasteiger partial charge in [-0.05, 0) is 45.6 Å². The second-order valence-corrected chi connectivity index (χ2v) is 5.91. The first-order chi connectivity index (χ1) is 8.18. The molecule has 0 aromatic heterocycles. The molecule has 2 saturated heterocycles. The van der Waals surface area contributed by atoms with Gasteiger partial charge in [0.1, 0.15) is 0 Å². The van der Waals surface area contributed by atoms with Crippen molar-refractivity contribution in [3.8, 4) is 0 Å². The molecule has 3 heteroatoms. The first-order valence-corrected chi connectivity index (χ1v) is 7.25. The Morgan fingerprint density at radius 2 is 2.24 bits per heavy atom. The van der Waals surface area contributed by atoms with Crippen LogP contribution in [0.4, 0.5) is 0 Å². The maximum atomic E-state index is 5.54. The molecule has 4 unspecified atom stereocenters. The maximum absolute atomic E-state index is 5.54. The van der Waals surface area contributed by atoms with Gasteiger partial charge in [-0.25, -0.2) is 0 Å². The molecule has 0 aromatic rings. The van der Waals surface area contributed by atoms with Crippen LogP contribution >= 0.6 is 0 Å². The van der Waals surface area contributed by atoms with E-state index in [4.69, 9.17) is 4.74 Å². The molecule has 17 heavy (non-hydrogen) atoms. The SMILES string of the molecule is CC1CCCN(C(C)CC2COCCN2)C1C. The van der Waals surface area contributed by atoms with Gasteiger partial charge < -0.3 is 10.1 Å². The van der Waals surface area contributed by atoms with E-state index in [0.29, 0.717) is 12.1 Å². The van der Waals surface area contributed by atoms with E-state index in [1.165, 1.54) is 25.8 Å². The Morgan fingerprint density at radius 3 is 2.94 bits per heavy atom. The van der Waals surface area contributed by atoms with Crippen LogP contribution < -0.4 is 5.32 Å². The van der Waals surface area contributed by atoms with Crippen LogP contribution in [0.2, 0.25) is 0 Å². The van der Waals surface area contributed by atoms with Crippen molar-refractivity contribution in [3.05, 3.63) is 0 Å². The number of nitrogens with zero attached hydrogens (tertiary/aromatic N) is 1. The summed E-state index contributed by atoms with van der Waals surface area (Å²) in [6.07, 6.45) is 3.98. The van der Waals surface area contributed by atoms with Crippen LogP contribution in [0.1, 0.15) is 40.0 Å². The molecular weight excluding hydrogens is 212 g/mol. The van der Waals surface area contributed by atoms with E-state index in [-0.39, 0.29) is 0 Å². The third-order valence-electron chi connectivity index (χ3n) is 4.61. The van der Waals surface area contributed by atoms with Crippen molar-refractivity contribution in [2.75, 3.05) is 26.3 Å². The van der Waals surface area contributed by atoms with Crippen LogP contribution in [-0.2, 0) is 4.74 Å². The lowest BCUT2D eigenvalue weighted by Gasteiger charge is -2.43. The second-order valence-electron chi connectivity index (χ2n) is 5.91. The van der Waals surface area contributed by atoms with Crippen molar-refractivity contribution in [2.24, 2.45) is 5.92 Å². The van der Waals surface area contributed by atoms with Crippen molar-refractivity contribution in [3.63, 3.8) is 0 Å². The standard InChI is InChI=1S/C14H28N2O/c1-11-5-4-7-16(13(11)3)12(2)9-14-10-17-8-6-15-14/h11-15H,4-10H2,1-3H3. The van der Waals surface area contributed by atoms with Crippen LogP contribution in [-0.4, -0.2) is 49.3 Å². The van der Waals surface area contributed by atoms with Gasteiger partial charge in [0.25, 0.3) is 0 Å². The number of rotatable bonds is 3. The highest BCUT2D eigenvalue weighted by Gasteiger charge is 2.29. The largest absolute Gasteiger partial charge is 0.379 e. The molecule has 100 valence electrons. The van der Waals surface area contributed by atoms with Gasteiger partial charge in [-0.2, -0.15) is 0 Å². The summed E-state index contributed by atoms with van der Waals surface area (Å²) in [5, 5.41) is 3.56. The minimum Gasteiger partial charge on any atom is -0.379 e. The highest BCUT2D eigenvalue weighted by molar-refractivity contribution is 4.85. The van der Waals surface area contributed by atoms with E-state index >= 15 is 0 Å². The first kappa shape index (κ1) is 13.3. The summed E-state index contributed by atoms with van der Waals surface area (Å²) in [7, 11) is 0. The van der Waals surface area contributed by atoms with E-state index in [2.05, 4.69) is 31.0 Å². The summed E-state index contributed by atoms with van der Waals surface area (Å²) in [6, 6.07) is 1.97. The molecule has 0 aliphatic carbocycles. The van der Waals surface area contributed by atoms with E-state index in [1.54, 1.807) is 0 Å². The molecule has 4 atom stereocenters. The van der Waals surface area contributed by atoms with Gasteiger partial charge in [-0.15, -0.1) is 0 Å². The number of ether oxygens (including phenoxy) is 1. The Labute approximate surface area is 106 Å². The minimum atomic E-state index is 0.559. The number of nitrogens with one attached hydrogen (secondary N) is 1. The highest BCUT2D eigenvalue weighted by Crippen LogP contribution is 2.26. The second kappa shape index (κ2) is 6.17. The zero-order chi connectivity index (χ0) is 12.3. The molecule has 0 bridgehead atoms. The van der Waals surface area contributed by atoms with Crippen LogP contribution in [0.25, 0.3) is 0 Å². The molecule has 0 aromatic carbocycles. The van der Waals surface area contributed by atoms with Crippen LogP contribution in [0.15, 0.2) is 0 Å².